The maximum Gasteiger partial charge on any atom is 0.255 e. The lowest BCUT2D eigenvalue weighted by molar-refractivity contribution is -0.305. The Balaban J connectivity index is 1.98. The number of hydrogen-bond donors (Lipinski definition) is 2. The largest absolute Gasteiger partial charge is 0.550 e. The summed E-state index contributed by atoms with van der Waals surface area (Å²) in [6.45, 7) is 0. The van der Waals surface area contributed by atoms with E-state index in [2.05, 4.69) is 10.6 Å². The topological polar surface area (TPSA) is 117 Å². The van der Waals surface area contributed by atoms with Crippen LogP contribution < -0.4 is 25.2 Å². The lowest BCUT2D eigenvalue weighted by Crippen LogP contribution is -2.22. The predicted octanol–water partition coefficient (Wildman–Crippen LogP) is 1.81. The molecule has 2 N–H and O–H groups in total. The van der Waals surface area contributed by atoms with Gasteiger partial charge >= 0.3 is 0 Å². The molecule has 2 aromatic carbocycles. The van der Waals surface area contributed by atoms with Gasteiger partial charge in [0.05, 0.1) is 19.9 Å². The molecular weight excluding hydrogens is 364 g/mol. The van der Waals surface area contributed by atoms with Crippen molar-refractivity contribution in [1.82, 2.24) is 0 Å². The van der Waals surface area contributed by atoms with Gasteiger partial charge in [-0.2, -0.15) is 0 Å². The molecule has 2 amide bonds. The average molecular weight is 385 g/mol. The van der Waals surface area contributed by atoms with Gasteiger partial charge in [-0.3, -0.25) is 9.59 Å². The molecule has 0 aliphatic carbocycles. The minimum Gasteiger partial charge on any atom is -0.550 e. The Morgan fingerprint density at radius 2 is 1.64 bits per heavy atom. The van der Waals surface area contributed by atoms with Crippen LogP contribution in [0.25, 0.3) is 0 Å². The standard InChI is InChI=1S/C20H22N2O6/c1-27-15-10-11-17(28-2)16(12-15)22-20(26)13-6-8-14(9-7-13)21-18(23)4-3-5-19(24)25/h6-12H,3-5H2,1-2H3,(H,21,23)(H,22,26)(H,24,25)/p-1. The van der Waals surface area contributed by atoms with Gasteiger partial charge in [-0.05, 0) is 49.2 Å². The van der Waals surface area contributed by atoms with Gasteiger partial charge in [0, 0.05) is 29.7 Å². The van der Waals surface area contributed by atoms with E-state index in [1.807, 2.05) is 0 Å². The highest BCUT2D eigenvalue weighted by Gasteiger charge is 2.11. The number of anilines is 2. The molecule has 0 aromatic heterocycles. The van der Waals surface area contributed by atoms with Crippen molar-refractivity contribution in [2.75, 3.05) is 24.9 Å². The molecule has 28 heavy (non-hydrogen) atoms. The van der Waals surface area contributed by atoms with Crippen molar-refractivity contribution < 1.29 is 29.0 Å². The summed E-state index contributed by atoms with van der Waals surface area (Å²) in [6.07, 6.45) is 0.114. The van der Waals surface area contributed by atoms with Gasteiger partial charge in [0.25, 0.3) is 5.91 Å². The molecule has 2 rings (SSSR count). The molecule has 0 spiro atoms. The smallest absolute Gasteiger partial charge is 0.255 e. The second kappa shape index (κ2) is 9.96. The first-order chi connectivity index (χ1) is 13.4. The summed E-state index contributed by atoms with van der Waals surface area (Å²) in [5.41, 5.74) is 1.37. The number of carbonyl (C=O) groups is 3. The number of amides is 2. The number of aliphatic carboxylic acids is 1. The van der Waals surface area contributed by atoms with E-state index in [1.54, 1.807) is 42.5 Å². The van der Waals surface area contributed by atoms with Crippen LogP contribution in [-0.4, -0.2) is 32.0 Å². The van der Waals surface area contributed by atoms with Gasteiger partial charge in [-0.25, -0.2) is 0 Å². The van der Waals surface area contributed by atoms with Gasteiger partial charge in [-0.1, -0.05) is 0 Å². The molecule has 8 nitrogen and oxygen atoms in total. The fraction of sp³-hybridized carbons (Fsp3) is 0.250. The van der Waals surface area contributed by atoms with Gasteiger partial charge in [0.2, 0.25) is 5.91 Å². The third kappa shape index (κ3) is 6.01. The fourth-order valence-electron chi connectivity index (χ4n) is 2.43. The maximum atomic E-state index is 12.5. The summed E-state index contributed by atoms with van der Waals surface area (Å²) in [7, 11) is 3.03. The molecule has 2 aromatic rings. The number of nitrogens with one attached hydrogen (secondary N) is 2. The second-order valence-electron chi connectivity index (χ2n) is 5.87. The molecule has 0 unspecified atom stereocenters. The van der Waals surface area contributed by atoms with Crippen LogP contribution in [0, 0.1) is 0 Å². The SMILES string of the molecule is COc1ccc(OC)c(NC(=O)c2ccc(NC(=O)CCCC(=O)[O-])cc2)c1. The summed E-state index contributed by atoms with van der Waals surface area (Å²) >= 11 is 0. The zero-order chi connectivity index (χ0) is 20.5. The monoisotopic (exact) mass is 385 g/mol. The molecule has 0 heterocycles. The highest BCUT2D eigenvalue weighted by molar-refractivity contribution is 6.05. The summed E-state index contributed by atoms with van der Waals surface area (Å²) in [5.74, 6) is -0.767. The van der Waals surface area contributed by atoms with Crippen molar-refractivity contribution in [3.05, 3.63) is 48.0 Å². The fourth-order valence-corrected chi connectivity index (χ4v) is 2.43. The number of methoxy groups -OCH3 is 2. The lowest BCUT2D eigenvalue weighted by Gasteiger charge is -2.12. The van der Waals surface area contributed by atoms with Gasteiger partial charge in [0.1, 0.15) is 11.5 Å². The molecule has 0 saturated heterocycles. The van der Waals surface area contributed by atoms with Crippen LogP contribution in [0.3, 0.4) is 0 Å². The zero-order valence-corrected chi connectivity index (χ0v) is 15.6. The van der Waals surface area contributed by atoms with Crippen LogP contribution in [0.1, 0.15) is 29.6 Å². The zero-order valence-electron chi connectivity index (χ0n) is 15.6. The number of ether oxygens (including phenoxy) is 2. The number of hydrogen-bond acceptors (Lipinski definition) is 6. The van der Waals surface area contributed by atoms with E-state index in [1.165, 1.54) is 14.2 Å². The molecule has 8 heteroatoms. The average Bonchev–Trinajstić information content (AvgIpc) is 2.68. The molecule has 0 bridgehead atoms. The third-order valence-electron chi connectivity index (χ3n) is 3.87. The minimum absolute atomic E-state index is 0.0753. The normalized spacial score (nSPS) is 10.1. The van der Waals surface area contributed by atoms with Crippen molar-refractivity contribution in [3.63, 3.8) is 0 Å². The second-order valence-corrected chi connectivity index (χ2v) is 5.87. The van der Waals surface area contributed by atoms with Crippen LogP contribution >= 0.6 is 0 Å². The van der Waals surface area contributed by atoms with Crippen molar-refractivity contribution >= 4 is 29.2 Å². The quantitative estimate of drug-likeness (QED) is 0.680. The molecular formula is C20H21N2O6-. The Hall–Kier alpha value is -3.55. The molecule has 0 atom stereocenters. The first-order valence-corrected chi connectivity index (χ1v) is 8.56. The van der Waals surface area contributed by atoms with E-state index in [0.29, 0.717) is 28.4 Å². The Morgan fingerprint density at radius 1 is 0.929 bits per heavy atom. The van der Waals surface area contributed by atoms with Crippen molar-refractivity contribution in [2.24, 2.45) is 0 Å². The van der Waals surface area contributed by atoms with E-state index in [-0.39, 0.29) is 31.1 Å². The molecule has 148 valence electrons. The number of benzene rings is 2. The molecule has 0 radical (unpaired) electrons. The maximum absolute atomic E-state index is 12.5. The Morgan fingerprint density at radius 3 is 2.25 bits per heavy atom. The molecule has 0 aliphatic rings. The van der Waals surface area contributed by atoms with E-state index < -0.39 is 5.97 Å². The highest BCUT2D eigenvalue weighted by atomic mass is 16.5. The van der Waals surface area contributed by atoms with Crippen molar-refractivity contribution in [2.45, 2.75) is 19.3 Å². The Labute approximate surface area is 162 Å². The molecule has 0 saturated carbocycles. The number of rotatable bonds is 9. The van der Waals surface area contributed by atoms with E-state index in [9.17, 15) is 19.5 Å². The number of carbonyl (C=O) groups excluding carboxylic acids is 3. The van der Waals surface area contributed by atoms with E-state index in [4.69, 9.17) is 9.47 Å². The number of carboxylic acids is 1. The molecule has 0 fully saturated rings. The van der Waals surface area contributed by atoms with E-state index in [0.717, 1.165) is 0 Å². The summed E-state index contributed by atoms with van der Waals surface area (Å²) in [5, 5.41) is 15.8. The van der Waals surface area contributed by atoms with Crippen molar-refractivity contribution in [3.8, 4) is 11.5 Å². The van der Waals surface area contributed by atoms with Gasteiger partial charge < -0.3 is 30.0 Å². The summed E-state index contributed by atoms with van der Waals surface area (Å²) in [4.78, 5) is 34.6. The summed E-state index contributed by atoms with van der Waals surface area (Å²) < 4.78 is 10.4. The molecule has 0 aliphatic heterocycles. The van der Waals surface area contributed by atoms with E-state index >= 15 is 0 Å². The minimum atomic E-state index is -1.18. The summed E-state index contributed by atoms with van der Waals surface area (Å²) in [6, 6.07) is 11.4. The first kappa shape index (κ1) is 20.8. The Bertz CT molecular complexity index is 848. The van der Waals surface area contributed by atoms with Crippen LogP contribution in [-0.2, 0) is 9.59 Å². The van der Waals surface area contributed by atoms with Gasteiger partial charge in [-0.15, -0.1) is 0 Å². The van der Waals surface area contributed by atoms with Crippen LogP contribution in [0.15, 0.2) is 42.5 Å². The Kier molecular flexibility index (Phi) is 7.38. The third-order valence-corrected chi connectivity index (χ3v) is 3.87. The highest BCUT2D eigenvalue weighted by Crippen LogP contribution is 2.29. The number of carboxylic acid groups (broad SMARTS) is 1. The van der Waals surface area contributed by atoms with Crippen molar-refractivity contribution in [1.29, 1.82) is 0 Å². The predicted molar refractivity (Wildman–Crippen MR) is 101 cm³/mol. The van der Waals surface area contributed by atoms with Crippen LogP contribution in [0.2, 0.25) is 0 Å². The van der Waals surface area contributed by atoms with Gasteiger partial charge in [0.15, 0.2) is 0 Å². The van der Waals surface area contributed by atoms with Crippen LogP contribution in [0.4, 0.5) is 11.4 Å². The van der Waals surface area contributed by atoms with Crippen LogP contribution in [0.5, 0.6) is 11.5 Å². The first-order valence-electron chi connectivity index (χ1n) is 8.56. The lowest BCUT2D eigenvalue weighted by atomic mass is 10.1.